The van der Waals surface area contributed by atoms with E-state index in [0.29, 0.717) is 22.5 Å². The summed E-state index contributed by atoms with van der Waals surface area (Å²) in [4.78, 5) is 20.4. The van der Waals surface area contributed by atoms with Gasteiger partial charge in [-0.3, -0.25) is 4.79 Å². The Balaban J connectivity index is 1.55. The minimum Gasteiger partial charge on any atom is -0.508 e. The highest BCUT2D eigenvalue weighted by molar-refractivity contribution is 6.01. The average Bonchev–Trinajstić information content (AvgIpc) is 3.21. The van der Waals surface area contributed by atoms with Crippen molar-refractivity contribution in [3.63, 3.8) is 0 Å². The van der Waals surface area contributed by atoms with Gasteiger partial charge in [-0.1, -0.05) is 30.3 Å². The van der Waals surface area contributed by atoms with E-state index in [1.165, 1.54) is 6.07 Å². The first kappa shape index (κ1) is 23.3. The summed E-state index contributed by atoms with van der Waals surface area (Å²) >= 11 is 0. The van der Waals surface area contributed by atoms with Gasteiger partial charge >= 0.3 is 0 Å². The zero-order chi connectivity index (χ0) is 25.6. The number of carbonyl (C=O) groups is 1. The summed E-state index contributed by atoms with van der Waals surface area (Å²) < 4.78 is 68.6. The Labute approximate surface area is 200 Å². The Kier molecular flexibility index (Phi) is 5.79. The third-order valence-electron chi connectivity index (χ3n) is 5.77. The number of aromatic amines is 1. The van der Waals surface area contributed by atoms with Gasteiger partial charge in [0, 0.05) is 17.4 Å². The SMILES string of the molecule is O=C(Cc1c(F)c(F)c(F)c(F)c1F)Nc1nc2cc3cc(O)ccc3c-2[nH]c1Cc1ccccc1. The maximum Gasteiger partial charge on any atom is 0.230 e. The van der Waals surface area contributed by atoms with Crippen molar-refractivity contribution in [1.29, 1.82) is 0 Å². The molecule has 182 valence electrons. The van der Waals surface area contributed by atoms with Crippen LogP contribution < -0.4 is 5.32 Å². The number of hydrogen-bond donors (Lipinski definition) is 3. The van der Waals surface area contributed by atoms with E-state index < -0.39 is 47.0 Å². The molecule has 0 bridgehead atoms. The highest BCUT2D eigenvalue weighted by Gasteiger charge is 2.27. The molecule has 0 aromatic heterocycles. The summed E-state index contributed by atoms with van der Waals surface area (Å²) in [6, 6.07) is 15.6. The number of halogens is 5. The van der Waals surface area contributed by atoms with Crippen LogP contribution in [0.3, 0.4) is 0 Å². The molecule has 0 fully saturated rings. The van der Waals surface area contributed by atoms with E-state index in [-0.39, 0.29) is 18.0 Å². The monoisotopic (exact) mass is 497 g/mol. The molecule has 3 aromatic rings. The maximum absolute atomic E-state index is 14.1. The Morgan fingerprint density at radius 2 is 1.56 bits per heavy atom. The first-order valence-corrected chi connectivity index (χ1v) is 10.7. The minimum atomic E-state index is -2.30. The molecule has 2 aliphatic rings. The fourth-order valence-electron chi connectivity index (χ4n) is 4.05. The molecular weight excluding hydrogens is 481 g/mol. The summed E-state index contributed by atoms with van der Waals surface area (Å²) in [6.45, 7) is 0. The minimum absolute atomic E-state index is 0.0275. The normalized spacial score (nSPS) is 11.4. The molecule has 0 radical (unpaired) electrons. The summed E-state index contributed by atoms with van der Waals surface area (Å²) in [6.07, 6.45) is -0.820. The highest BCUT2D eigenvalue weighted by atomic mass is 19.2. The van der Waals surface area contributed by atoms with Gasteiger partial charge in [0.05, 0.1) is 23.5 Å². The largest absolute Gasteiger partial charge is 0.508 e. The van der Waals surface area contributed by atoms with Crippen molar-refractivity contribution in [2.45, 2.75) is 12.8 Å². The Morgan fingerprint density at radius 3 is 2.25 bits per heavy atom. The Bertz CT molecular complexity index is 1570. The van der Waals surface area contributed by atoms with Gasteiger partial charge < -0.3 is 15.4 Å². The zero-order valence-corrected chi connectivity index (χ0v) is 18.3. The molecule has 0 spiro atoms. The number of nitrogens with one attached hydrogen (secondary N) is 2. The van der Waals surface area contributed by atoms with Crippen LogP contribution in [0.1, 0.15) is 16.8 Å². The molecule has 1 heterocycles. The quantitative estimate of drug-likeness (QED) is 0.162. The number of aromatic hydroxyl groups is 1. The number of aromatic nitrogens is 2. The third-order valence-corrected chi connectivity index (χ3v) is 5.77. The maximum atomic E-state index is 14.1. The van der Waals surface area contributed by atoms with Gasteiger partial charge in [-0.15, -0.1) is 0 Å². The van der Waals surface area contributed by atoms with E-state index in [1.54, 1.807) is 18.2 Å². The number of benzene rings is 3. The molecule has 0 saturated carbocycles. The molecular formula is C26H16F5N3O2. The van der Waals surface area contributed by atoms with Crippen molar-refractivity contribution in [2.75, 3.05) is 5.32 Å². The molecule has 0 atom stereocenters. The zero-order valence-electron chi connectivity index (χ0n) is 18.3. The molecule has 3 aromatic carbocycles. The van der Waals surface area contributed by atoms with E-state index >= 15 is 0 Å². The van der Waals surface area contributed by atoms with Crippen molar-refractivity contribution < 1.29 is 31.9 Å². The first-order valence-electron chi connectivity index (χ1n) is 10.7. The lowest BCUT2D eigenvalue weighted by Gasteiger charge is -2.14. The van der Waals surface area contributed by atoms with E-state index in [4.69, 9.17) is 0 Å². The lowest BCUT2D eigenvalue weighted by atomic mass is 10.1. The number of phenols is 1. The first-order chi connectivity index (χ1) is 17.2. The molecule has 5 rings (SSSR count). The second kappa shape index (κ2) is 8.95. The second-order valence-electron chi connectivity index (χ2n) is 8.18. The van der Waals surface area contributed by atoms with Crippen LogP contribution in [0.15, 0.2) is 54.6 Å². The fourth-order valence-corrected chi connectivity index (χ4v) is 4.05. The molecule has 1 aliphatic carbocycles. The molecule has 0 unspecified atom stereocenters. The summed E-state index contributed by atoms with van der Waals surface area (Å²) in [5.74, 6) is -11.6. The number of anilines is 1. The van der Waals surface area contributed by atoms with Gasteiger partial charge in [0.15, 0.2) is 29.1 Å². The van der Waals surface area contributed by atoms with Gasteiger partial charge in [-0.2, -0.15) is 0 Å². The van der Waals surface area contributed by atoms with E-state index in [2.05, 4.69) is 15.3 Å². The van der Waals surface area contributed by atoms with Crippen LogP contribution in [0.5, 0.6) is 5.75 Å². The Hall–Kier alpha value is -4.47. The molecule has 10 heteroatoms. The van der Waals surface area contributed by atoms with E-state index in [0.717, 1.165) is 10.9 Å². The summed E-state index contributed by atoms with van der Waals surface area (Å²) in [7, 11) is 0. The molecule has 36 heavy (non-hydrogen) atoms. The van der Waals surface area contributed by atoms with Crippen molar-refractivity contribution >= 4 is 22.5 Å². The van der Waals surface area contributed by atoms with Crippen molar-refractivity contribution in [2.24, 2.45) is 0 Å². The summed E-state index contributed by atoms with van der Waals surface area (Å²) in [5.41, 5.74) is 1.12. The predicted molar refractivity (Wildman–Crippen MR) is 122 cm³/mol. The summed E-state index contributed by atoms with van der Waals surface area (Å²) in [5, 5.41) is 13.7. The lowest BCUT2D eigenvalue weighted by Crippen LogP contribution is -2.20. The number of rotatable bonds is 5. The molecule has 1 aliphatic heterocycles. The number of hydrogen-bond acceptors (Lipinski definition) is 3. The van der Waals surface area contributed by atoms with Crippen molar-refractivity contribution in [3.8, 4) is 17.1 Å². The van der Waals surface area contributed by atoms with Gasteiger partial charge in [0.1, 0.15) is 5.75 Å². The van der Waals surface area contributed by atoms with Crippen LogP contribution in [0.25, 0.3) is 22.2 Å². The van der Waals surface area contributed by atoms with Gasteiger partial charge in [0.25, 0.3) is 0 Å². The number of phenolic OH excluding ortho intramolecular Hbond substituents is 1. The fraction of sp³-hybridized carbons (Fsp3) is 0.0769. The molecule has 5 nitrogen and oxygen atoms in total. The number of amides is 1. The average molecular weight is 497 g/mol. The predicted octanol–water partition coefficient (Wildman–Crippen LogP) is 5.84. The van der Waals surface area contributed by atoms with E-state index in [9.17, 15) is 31.9 Å². The third kappa shape index (κ3) is 4.10. The van der Waals surface area contributed by atoms with Crippen LogP contribution in [0.4, 0.5) is 27.8 Å². The Morgan fingerprint density at radius 1 is 0.889 bits per heavy atom. The van der Waals surface area contributed by atoms with Crippen LogP contribution in [-0.4, -0.2) is 21.0 Å². The van der Waals surface area contributed by atoms with Crippen molar-refractivity contribution in [3.05, 3.63) is 101 Å². The van der Waals surface area contributed by atoms with Crippen LogP contribution in [0, 0.1) is 29.1 Å². The highest BCUT2D eigenvalue weighted by Crippen LogP contribution is 2.35. The number of nitrogens with zero attached hydrogens (tertiary/aromatic N) is 1. The number of fused-ring (bicyclic) bond motifs is 3. The van der Waals surface area contributed by atoms with Crippen LogP contribution >= 0.6 is 0 Å². The van der Waals surface area contributed by atoms with E-state index in [1.807, 2.05) is 30.3 Å². The lowest BCUT2D eigenvalue weighted by molar-refractivity contribution is -0.115. The van der Waals surface area contributed by atoms with Crippen LogP contribution in [-0.2, 0) is 17.6 Å². The number of carbonyl (C=O) groups excluding carboxylic acids is 1. The smallest absolute Gasteiger partial charge is 0.230 e. The molecule has 3 N–H and O–H groups in total. The van der Waals surface area contributed by atoms with Gasteiger partial charge in [-0.05, 0) is 35.2 Å². The van der Waals surface area contributed by atoms with Gasteiger partial charge in [-0.25, -0.2) is 26.9 Å². The van der Waals surface area contributed by atoms with Crippen LogP contribution in [0.2, 0.25) is 0 Å². The second-order valence-corrected chi connectivity index (χ2v) is 8.18. The number of H-pyrrole nitrogens is 1. The standard InChI is InChI=1S/C26H16F5N3O2/c27-20-16(21(28)23(30)24(31)22(20)29)11-19(36)34-26-18(8-12-4-2-1-3-5-12)32-25-15-7-6-14(35)9-13(15)10-17(25)33-26/h1-7,9-10,32,35H,8,11H2,(H,34,36). The molecule has 0 saturated heterocycles. The topological polar surface area (TPSA) is 78.0 Å². The van der Waals surface area contributed by atoms with Crippen molar-refractivity contribution in [1.82, 2.24) is 9.97 Å². The van der Waals surface area contributed by atoms with Gasteiger partial charge in [0.2, 0.25) is 11.7 Å². The molecule has 1 amide bonds.